The predicted molar refractivity (Wildman–Crippen MR) is 70.0 cm³/mol. The van der Waals surface area contributed by atoms with Gasteiger partial charge in [-0.2, -0.15) is 18.4 Å². The van der Waals surface area contributed by atoms with Gasteiger partial charge in [0.2, 0.25) is 0 Å². The smallest absolute Gasteiger partial charge is 0.370 e. The zero-order valence-electron chi connectivity index (χ0n) is 11.0. The van der Waals surface area contributed by atoms with E-state index in [-0.39, 0.29) is 12.8 Å². The number of nitrogens with two attached hydrogens (primary N) is 1. The van der Waals surface area contributed by atoms with E-state index in [0.29, 0.717) is 30.9 Å². The van der Waals surface area contributed by atoms with Crippen LogP contribution in [0.5, 0.6) is 0 Å². The first-order valence-corrected chi connectivity index (χ1v) is 6.50. The third-order valence-electron chi connectivity index (χ3n) is 3.72. The van der Waals surface area contributed by atoms with Gasteiger partial charge in [-0.25, -0.2) is 0 Å². The molecule has 1 fully saturated rings. The third kappa shape index (κ3) is 3.05. The molecule has 0 aliphatic carbocycles. The van der Waals surface area contributed by atoms with Gasteiger partial charge in [0.15, 0.2) is 0 Å². The Hall–Kier alpha value is -1.74. The maximum Gasteiger partial charge on any atom is 0.391 e. The number of benzene rings is 1. The summed E-state index contributed by atoms with van der Waals surface area (Å²) in [5.41, 5.74) is 7.53. The van der Waals surface area contributed by atoms with E-state index in [4.69, 9.17) is 11.0 Å². The van der Waals surface area contributed by atoms with Crippen molar-refractivity contribution in [2.45, 2.75) is 25.6 Å². The van der Waals surface area contributed by atoms with Crippen molar-refractivity contribution >= 4 is 5.69 Å². The van der Waals surface area contributed by atoms with Crippen LogP contribution in [0.3, 0.4) is 0 Å². The van der Waals surface area contributed by atoms with Crippen LogP contribution in [-0.4, -0.2) is 19.3 Å². The van der Waals surface area contributed by atoms with E-state index in [1.165, 1.54) is 0 Å². The molecule has 20 heavy (non-hydrogen) atoms. The fourth-order valence-electron chi connectivity index (χ4n) is 2.52. The zero-order chi connectivity index (χ0) is 14.8. The van der Waals surface area contributed by atoms with Gasteiger partial charge in [-0.05, 0) is 30.5 Å². The molecule has 0 spiro atoms. The first-order chi connectivity index (χ1) is 9.45. The molecule has 1 aromatic carbocycles. The Kier molecular flexibility index (Phi) is 4.19. The summed E-state index contributed by atoms with van der Waals surface area (Å²) in [6, 6.07) is 7.37. The maximum atomic E-state index is 12.6. The molecule has 1 saturated heterocycles. The standard InChI is InChI=1S/C14H16F3N3/c15-14(16,17)12-3-5-20(6-4-12)13-2-1-10(8-18)7-11(13)9-19/h1-2,7,12H,3-6,8,18H2. The van der Waals surface area contributed by atoms with E-state index >= 15 is 0 Å². The Balaban J connectivity index is 2.13. The molecular formula is C14H16F3N3. The van der Waals surface area contributed by atoms with Crippen LogP contribution >= 0.6 is 0 Å². The molecule has 6 heteroatoms. The average Bonchev–Trinajstić information content (AvgIpc) is 2.45. The summed E-state index contributed by atoms with van der Waals surface area (Å²) in [6.07, 6.45) is -3.96. The van der Waals surface area contributed by atoms with Gasteiger partial charge in [0.05, 0.1) is 17.2 Å². The molecule has 0 radical (unpaired) electrons. The fraction of sp³-hybridized carbons (Fsp3) is 0.500. The summed E-state index contributed by atoms with van der Waals surface area (Å²) in [6.45, 7) is 0.979. The largest absolute Gasteiger partial charge is 0.391 e. The number of rotatable bonds is 2. The molecule has 108 valence electrons. The first-order valence-electron chi connectivity index (χ1n) is 6.50. The second kappa shape index (κ2) is 5.71. The van der Waals surface area contributed by atoms with Crippen LogP contribution in [0.4, 0.5) is 18.9 Å². The molecular weight excluding hydrogens is 267 g/mol. The van der Waals surface area contributed by atoms with Gasteiger partial charge in [0.1, 0.15) is 6.07 Å². The molecule has 1 aliphatic rings. The van der Waals surface area contributed by atoms with Gasteiger partial charge in [0.25, 0.3) is 0 Å². The molecule has 2 rings (SSSR count). The number of nitrogens with zero attached hydrogens (tertiary/aromatic N) is 2. The quantitative estimate of drug-likeness (QED) is 0.908. The number of alkyl halides is 3. The second-order valence-electron chi connectivity index (χ2n) is 4.97. The van der Waals surface area contributed by atoms with Crippen molar-refractivity contribution in [1.82, 2.24) is 0 Å². The number of hydrogen-bond acceptors (Lipinski definition) is 3. The van der Waals surface area contributed by atoms with Crippen molar-refractivity contribution in [3.63, 3.8) is 0 Å². The summed E-state index contributed by atoms with van der Waals surface area (Å²) < 4.78 is 37.9. The lowest BCUT2D eigenvalue weighted by Crippen LogP contribution is -2.39. The van der Waals surface area contributed by atoms with Gasteiger partial charge < -0.3 is 10.6 Å². The lowest BCUT2D eigenvalue weighted by molar-refractivity contribution is -0.179. The number of anilines is 1. The van der Waals surface area contributed by atoms with Crippen molar-refractivity contribution in [3.05, 3.63) is 29.3 Å². The van der Waals surface area contributed by atoms with E-state index in [9.17, 15) is 13.2 Å². The third-order valence-corrected chi connectivity index (χ3v) is 3.72. The van der Waals surface area contributed by atoms with Crippen LogP contribution in [0.1, 0.15) is 24.0 Å². The first kappa shape index (κ1) is 14.7. The molecule has 1 heterocycles. The lowest BCUT2D eigenvalue weighted by atomic mass is 9.95. The highest BCUT2D eigenvalue weighted by Gasteiger charge is 2.41. The molecule has 0 saturated carbocycles. The van der Waals surface area contributed by atoms with Crippen LogP contribution < -0.4 is 10.6 Å². The van der Waals surface area contributed by atoms with Crippen LogP contribution in [0.25, 0.3) is 0 Å². The number of nitriles is 1. The summed E-state index contributed by atoms with van der Waals surface area (Å²) >= 11 is 0. The minimum Gasteiger partial charge on any atom is -0.370 e. The zero-order valence-corrected chi connectivity index (χ0v) is 11.0. The van der Waals surface area contributed by atoms with Crippen molar-refractivity contribution in [1.29, 1.82) is 5.26 Å². The predicted octanol–water partition coefficient (Wildman–Crippen LogP) is 2.80. The summed E-state index contributed by atoms with van der Waals surface area (Å²) in [5, 5.41) is 9.15. The minimum absolute atomic E-state index is 0.0764. The summed E-state index contributed by atoms with van der Waals surface area (Å²) in [4.78, 5) is 1.85. The highest BCUT2D eigenvalue weighted by molar-refractivity contribution is 5.60. The van der Waals surface area contributed by atoms with Crippen LogP contribution in [-0.2, 0) is 6.54 Å². The molecule has 0 unspecified atom stereocenters. The van der Waals surface area contributed by atoms with E-state index < -0.39 is 12.1 Å². The molecule has 1 aromatic rings. The highest BCUT2D eigenvalue weighted by atomic mass is 19.4. The van der Waals surface area contributed by atoms with Gasteiger partial charge in [-0.3, -0.25) is 0 Å². The van der Waals surface area contributed by atoms with E-state index in [1.54, 1.807) is 12.1 Å². The second-order valence-corrected chi connectivity index (χ2v) is 4.97. The van der Waals surface area contributed by atoms with Gasteiger partial charge in [0, 0.05) is 19.6 Å². The lowest BCUT2D eigenvalue weighted by Gasteiger charge is -2.34. The molecule has 2 N–H and O–H groups in total. The number of halogens is 3. The summed E-state index contributed by atoms with van der Waals surface area (Å²) in [5.74, 6) is -1.23. The van der Waals surface area contributed by atoms with Crippen LogP contribution in [0, 0.1) is 17.2 Å². The fourth-order valence-corrected chi connectivity index (χ4v) is 2.52. The monoisotopic (exact) mass is 283 g/mol. The maximum absolute atomic E-state index is 12.6. The Labute approximate surface area is 115 Å². The average molecular weight is 283 g/mol. The normalized spacial score (nSPS) is 17.1. The van der Waals surface area contributed by atoms with Gasteiger partial charge >= 0.3 is 6.18 Å². The van der Waals surface area contributed by atoms with Gasteiger partial charge in [-0.15, -0.1) is 0 Å². The molecule has 0 atom stereocenters. The minimum atomic E-state index is -4.12. The summed E-state index contributed by atoms with van der Waals surface area (Å²) in [7, 11) is 0. The Morgan fingerprint density at radius 3 is 2.45 bits per heavy atom. The molecule has 3 nitrogen and oxygen atoms in total. The molecule has 0 aromatic heterocycles. The van der Waals surface area contributed by atoms with Crippen molar-refractivity contribution < 1.29 is 13.2 Å². The van der Waals surface area contributed by atoms with E-state index in [2.05, 4.69) is 6.07 Å². The van der Waals surface area contributed by atoms with Crippen LogP contribution in [0.15, 0.2) is 18.2 Å². The van der Waals surface area contributed by atoms with E-state index in [1.807, 2.05) is 11.0 Å². The van der Waals surface area contributed by atoms with Crippen molar-refractivity contribution in [2.24, 2.45) is 11.7 Å². The van der Waals surface area contributed by atoms with Crippen molar-refractivity contribution in [3.8, 4) is 6.07 Å². The van der Waals surface area contributed by atoms with Gasteiger partial charge in [-0.1, -0.05) is 6.07 Å². The SMILES string of the molecule is N#Cc1cc(CN)ccc1N1CCC(C(F)(F)F)CC1. The molecule has 0 amide bonds. The van der Waals surface area contributed by atoms with Crippen molar-refractivity contribution in [2.75, 3.05) is 18.0 Å². The highest BCUT2D eigenvalue weighted by Crippen LogP contribution is 2.36. The van der Waals surface area contributed by atoms with E-state index in [0.717, 1.165) is 5.56 Å². The number of piperidine rings is 1. The molecule has 0 bridgehead atoms. The number of hydrogen-bond donors (Lipinski definition) is 1. The Morgan fingerprint density at radius 1 is 1.30 bits per heavy atom. The molecule has 1 aliphatic heterocycles. The topological polar surface area (TPSA) is 53.1 Å². The Morgan fingerprint density at radius 2 is 1.95 bits per heavy atom. The Bertz CT molecular complexity index is 511. The van der Waals surface area contributed by atoms with Crippen LogP contribution in [0.2, 0.25) is 0 Å².